The Morgan fingerprint density at radius 2 is 1.84 bits per heavy atom. The summed E-state index contributed by atoms with van der Waals surface area (Å²) >= 11 is 1.69. The summed E-state index contributed by atoms with van der Waals surface area (Å²) in [6.07, 6.45) is 8.56. The van der Waals surface area contributed by atoms with Crippen molar-refractivity contribution in [1.29, 1.82) is 0 Å². The van der Waals surface area contributed by atoms with Crippen molar-refractivity contribution in [3.63, 3.8) is 0 Å². The maximum absolute atomic E-state index is 12.5. The molecule has 0 amide bonds. The molecule has 1 saturated carbocycles. The van der Waals surface area contributed by atoms with Gasteiger partial charge in [-0.25, -0.2) is 0 Å². The molecule has 0 atom stereocenters. The summed E-state index contributed by atoms with van der Waals surface area (Å²) in [6.45, 7) is 0. The maximum atomic E-state index is 12.5. The van der Waals surface area contributed by atoms with Crippen molar-refractivity contribution in [1.82, 2.24) is 0 Å². The number of ketones is 1. The van der Waals surface area contributed by atoms with Crippen molar-refractivity contribution in [3.05, 3.63) is 35.2 Å². The Morgan fingerprint density at radius 1 is 1.11 bits per heavy atom. The van der Waals surface area contributed by atoms with Crippen LogP contribution in [0.2, 0.25) is 0 Å². The van der Waals surface area contributed by atoms with E-state index in [2.05, 4.69) is 12.1 Å². The molecule has 1 nitrogen and oxygen atoms in total. The molecule has 1 aromatic heterocycles. The fourth-order valence-electron chi connectivity index (χ4n) is 3.13. The number of benzene rings is 1. The van der Waals surface area contributed by atoms with E-state index in [-0.39, 0.29) is 0 Å². The van der Waals surface area contributed by atoms with Gasteiger partial charge in [-0.1, -0.05) is 56.7 Å². The molecule has 19 heavy (non-hydrogen) atoms. The third-order valence-corrected chi connectivity index (χ3v) is 5.19. The van der Waals surface area contributed by atoms with Gasteiger partial charge in [-0.15, -0.1) is 11.3 Å². The molecule has 0 spiro atoms. The minimum atomic E-state index is 0.351. The van der Waals surface area contributed by atoms with E-state index in [4.69, 9.17) is 0 Å². The van der Waals surface area contributed by atoms with Gasteiger partial charge in [0.15, 0.2) is 5.78 Å². The zero-order chi connectivity index (χ0) is 13.1. The molecule has 0 N–H and O–H groups in total. The molecule has 0 bridgehead atoms. The number of hydrogen-bond donors (Lipinski definition) is 0. The fourth-order valence-corrected chi connectivity index (χ4v) is 4.10. The summed E-state index contributed by atoms with van der Waals surface area (Å²) in [6, 6.07) is 8.24. The van der Waals surface area contributed by atoms with Crippen molar-refractivity contribution in [3.8, 4) is 0 Å². The van der Waals surface area contributed by atoms with Gasteiger partial charge in [0.1, 0.15) is 0 Å². The molecular formula is C17H20OS. The van der Waals surface area contributed by atoms with Gasteiger partial charge in [0.25, 0.3) is 0 Å². The van der Waals surface area contributed by atoms with Gasteiger partial charge >= 0.3 is 0 Å². The summed E-state index contributed by atoms with van der Waals surface area (Å²) in [5, 5.41) is 3.19. The van der Waals surface area contributed by atoms with Gasteiger partial charge in [-0.05, 0) is 12.0 Å². The summed E-state index contributed by atoms with van der Waals surface area (Å²) in [4.78, 5) is 12.5. The van der Waals surface area contributed by atoms with Gasteiger partial charge in [0.2, 0.25) is 0 Å². The van der Waals surface area contributed by atoms with Crippen molar-refractivity contribution in [2.45, 2.75) is 44.9 Å². The van der Waals surface area contributed by atoms with Crippen LogP contribution < -0.4 is 0 Å². The van der Waals surface area contributed by atoms with Crippen molar-refractivity contribution >= 4 is 27.2 Å². The van der Waals surface area contributed by atoms with E-state index in [1.807, 2.05) is 17.5 Å². The molecule has 1 aliphatic carbocycles. The number of rotatable bonds is 3. The van der Waals surface area contributed by atoms with Crippen molar-refractivity contribution < 1.29 is 4.79 Å². The number of fused-ring (bicyclic) bond motifs is 1. The smallest absolute Gasteiger partial charge is 0.164 e. The Hall–Kier alpha value is -1.15. The largest absolute Gasteiger partial charge is 0.294 e. The highest BCUT2D eigenvalue weighted by Gasteiger charge is 2.19. The van der Waals surface area contributed by atoms with E-state index in [0.29, 0.717) is 11.7 Å². The lowest BCUT2D eigenvalue weighted by Crippen LogP contribution is -2.07. The Balaban J connectivity index is 1.76. The Kier molecular flexibility index (Phi) is 3.97. The summed E-state index contributed by atoms with van der Waals surface area (Å²) in [7, 11) is 0. The lowest BCUT2D eigenvalue weighted by Gasteiger charge is -2.12. The zero-order valence-electron chi connectivity index (χ0n) is 11.2. The summed E-state index contributed by atoms with van der Waals surface area (Å²) < 4.78 is 1.23. The zero-order valence-corrected chi connectivity index (χ0v) is 12.0. The normalized spacial score (nSPS) is 17.5. The van der Waals surface area contributed by atoms with E-state index in [1.165, 1.54) is 43.2 Å². The van der Waals surface area contributed by atoms with Crippen LogP contribution in [0, 0.1) is 5.92 Å². The molecule has 2 heteroatoms. The second-order valence-electron chi connectivity index (χ2n) is 5.63. The molecule has 100 valence electrons. The van der Waals surface area contributed by atoms with Gasteiger partial charge in [-0.3, -0.25) is 4.79 Å². The molecule has 2 aromatic rings. The first-order valence-corrected chi connectivity index (χ1v) is 8.22. The van der Waals surface area contributed by atoms with Gasteiger partial charge in [0, 0.05) is 27.5 Å². The quantitative estimate of drug-likeness (QED) is 0.536. The lowest BCUT2D eigenvalue weighted by atomic mass is 9.92. The van der Waals surface area contributed by atoms with Crippen LogP contribution >= 0.6 is 11.3 Å². The van der Waals surface area contributed by atoms with E-state index < -0.39 is 0 Å². The SMILES string of the molecule is O=C(CC1CCCCCC1)c1csc2ccccc12. The van der Waals surface area contributed by atoms with Crippen LogP contribution in [0.15, 0.2) is 29.6 Å². The first kappa shape index (κ1) is 12.9. The van der Waals surface area contributed by atoms with Crippen LogP contribution in [-0.4, -0.2) is 5.78 Å². The van der Waals surface area contributed by atoms with E-state index in [0.717, 1.165) is 17.4 Å². The Labute approximate surface area is 118 Å². The van der Waals surface area contributed by atoms with Crippen molar-refractivity contribution in [2.24, 2.45) is 5.92 Å². The van der Waals surface area contributed by atoms with Crippen LogP contribution in [-0.2, 0) is 0 Å². The molecule has 0 aliphatic heterocycles. The van der Waals surface area contributed by atoms with Crippen LogP contribution in [0.25, 0.3) is 10.1 Å². The molecule has 0 radical (unpaired) electrons. The summed E-state index contributed by atoms with van der Waals surface area (Å²) in [5.41, 5.74) is 0.949. The van der Waals surface area contributed by atoms with E-state index in [9.17, 15) is 4.79 Å². The molecule has 1 aromatic carbocycles. The molecule has 1 aliphatic rings. The van der Waals surface area contributed by atoms with Crippen LogP contribution in [0.4, 0.5) is 0 Å². The topological polar surface area (TPSA) is 17.1 Å². The molecule has 0 saturated heterocycles. The Bertz CT molecular complexity index is 561. The highest BCUT2D eigenvalue weighted by atomic mass is 32.1. The second-order valence-corrected chi connectivity index (χ2v) is 6.54. The highest BCUT2D eigenvalue weighted by Crippen LogP contribution is 2.30. The number of thiophene rings is 1. The predicted octanol–water partition coefficient (Wildman–Crippen LogP) is 5.44. The average Bonchev–Trinajstić information content (AvgIpc) is 2.70. The molecule has 1 heterocycles. The average molecular weight is 272 g/mol. The summed E-state index contributed by atoms with van der Waals surface area (Å²) in [5.74, 6) is 0.970. The Morgan fingerprint density at radius 3 is 2.63 bits per heavy atom. The number of carbonyl (C=O) groups excluding carboxylic acids is 1. The minimum absolute atomic E-state index is 0.351. The van der Waals surface area contributed by atoms with Gasteiger partial charge < -0.3 is 0 Å². The molecular weight excluding hydrogens is 252 g/mol. The van der Waals surface area contributed by atoms with Crippen LogP contribution in [0.1, 0.15) is 55.3 Å². The molecule has 3 rings (SSSR count). The van der Waals surface area contributed by atoms with Crippen molar-refractivity contribution in [2.75, 3.05) is 0 Å². The second kappa shape index (κ2) is 5.87. The number of carbonyl (C=O) groups is 1. The van der Waals surface area contributed by atoms with E-state index in [1.54, 1.807) is 11.3 Å². The van der Waals surface area contributed by atoms with Crippen LogP contribution in [0.5, 0.6) is 0 Å². The third-order valence-electron chi connectivity index (χ3n) is 4.23. The first-order chi connectivity index (χ1) is 9.34. The predicted molar refractivity (Wildman–Crippen MR) is 82.0 cm³/mol. The van der Waals surface area contributed by atoms with Gasteiger partial charge in [-0.2, -0.15) is 0 Å². The first-order valence-electron chi connectivity index (χ1n) is 7.34. The lowest BCUT2D eigenvalue weighted by molar-refractivity contribution is 0.0959. The molecule has 0 unspecified atom stereocenters. The third kappa shape index (κ3) is 2.89. The standard InChI is InChI=1S/C17H20OS/c18-16(11-13-7-3-1-2-4-8-13)15-12-19-17-10-6-5-9-14(15)17/h5-6,9-10,12-13H,1-4,7-8,11H2. The highest BCUT2D eigenvalue weighted by molar-refractivity contribution is 7.17. The fraction of sp³-hybridized carbons (Fsp3) is 0.471. The monoisotopic (exact) mass is 272 g/mol. The minimum Gasteiger partial charge on any atom is -0.294 e. The number of Topliss-reactive ketones (excluding diaryl/α,β-unsaturated/α-hetero) is 1. The van der Waals surface area contributed by atoms with E-state index >= 15 is 0 Å². The number of hydrogen-bond acceptors (Lipinski definition) is 2. The van der Waals surface area contributed by atoms with Gasteiger partial charge in [0.05, 0.1) is 0 Å². The maximum Gasteiger partial charge on any atom is 0.164 e. The molecule has 1 fully saturated rings. The van der Waals surface area contributed by atoms with Crippen LogP contribution in [0.3, 0.4) is 0 Å².